The van der Waals surface area contributed by atoms with Crippen LogP contribution in [-0.4, -0.2) is 15.9 Å². The quantitative estimate of drug-likeness (QED) is 0.528. The minimum Gasteiger partial charge on any atom is -0.282 e. The van der Waals surface area contributed by atoms with Gasteiger partial charge in [0, 0.05) is 6.20 Å². The van der Waals surface area contributed by atoms with Crippen LogP contribution in [0.2, 0.25) is 0 Å². The first-order chi connectivity index (χ1) is 12.8. The number of rotatable bonds is 5. The Balaban J connectivity index is 1.67. The lowest BCUT2D eigenvalue weighted by Crippen LogP contribution is -2.32. The minimum atomic E-state index is 0.0147. The Morgan fingerprint density at radius 1 is 0.923 bits per heavy atom. The van der Waals surface area contributed by atoms with Crippen molar-refractivity contribution in [3.8, 4) is 0 Å². The molecule has 2 aromatic heterocycles. The number of fused-ring (bicyclic) bond motifs is 1. The van der Waals surface area contributed by atoms with Crippen LogP contribution < -0.4 is 4.90 Å². The molecule has 5 heteroatoms. The highest BCUT2D eigenvalue weighted by Gasteiger charge is 2.20. The zero-order valence-corrected chi connectivity index (χ0v) is 14.9. The van der Waals surface area contributed by atoms with Gasteiger partial charge in [0.2, 0.25) is 5.91 Å². The average Bonchev–Trinajstić information content (AvgIpc) is 3.11. The van der Waals surface area contributed by atoms with Crippen molar-refractivity contribution in [2.75, 3.05) is 4.90 Å². The number of para-hydroxylation sites is 1. The van der Waals surface area contributed by atoms with Crippen molar-refractivity contribution >= 4 is 32.6 Å². The second-order valence-electron chi connectivity index (χ2n) is 5.93. The maximum absolute atomic E-state index is 13.1. The molecular weight excluding hydrogens is 342 g/mol. The van der Waals surface area contributed by atoms with Crippen LogP contribution in [0.1, 0.15) is 11.3 Å². The molecule has 0 atom stereocenters. The predicted molar refractivity (Wildman–Crippen MR) is 105 cm³/mol. The highest BCUT2D eigenvalue weighted by atomic mass is 32.1. The summed E-state index contributed by atoms with van der Waals surface area (Å²) in [6, 6.07) is 23.4. The fourth-order valence-electron chi connectivity index (χ4n) is 2.76. The summed E-state index contributed by atoms with van der Waals surface area (Å²) in [5.41, 5.74) is 2.74. The summed E-state index contributed by atoms with van der Waals surface area (Å²) >= 11 is 1.53. The standard InChI is InChI=1S/C21H17N3OS/c25-20(14-16-8-2-1-3-9-16)24(15-17-10-6-7-13-22-17)21-23-18-11-4-5-12-19(18)26-21/h1-13H,14-15H2. The Bertz CT molecular complexity index is 982. The zero-order valence-electron chi connectivity index (χ0n) is 14.1. The topological polar surface area (TPSA) is 46.1 Å². The van der Waals surface area contributed by atoms with E-state index < -0.39 is 0 Å². The van der Waals surface area contributed by atoms with Crippen molar-refractivity contribution in [2.45, 2.75) is 13.0 Å². The molecule has 0 aliphatic heterocycles. The monoisotopic (exact) mass is 359 g/mol. The summed E-state index contributed by atoms with van der Waals surface area (Å²) in [5.74, 6) is 0.0147. The lowest BCUT2D eigenvalue weighted by atomic mass is 10.1. The van der Waals surface area contributed by atoms with E-state index in [2.05, 4.69) is 9.97 Å². The third-order valence-electron chi connectivity index (χ3n) is 4.06. The Labute approximate surface area is 155 Å². The average molecular weight is 359 g/mol. The molecule has 0 saturated heterocycles. The molecule has 4 rings (SSSR count). The lowest BCUT2D eigenvalue weighted by molar-refractivity contribution is -0.118. The number of carbonyl (C=O) groups is 1. The molecule has 0 radical (unpaired) electrons. The maximum atomic E-state index is 13.1. The van der Waals surface area contributed by atoms with E-state index in [0.717, 1.165) is 21.5 Å². The predicted octanol–water partition coefficient (Wildman–Crippen LogP) is 4.47. The molecule has 0 aliphatic rings. The van der Waals surface area contributed by atoms with E-state index in [-0.39, 0.29) is 5.91 Å². The van der Waals surface area contributed by atoms with Gasteiger partial charge in [-0.1, -0.05) is 59.9 Å². The number of hydrogen-bond donors (Lipinski definition) is 0. The van der Waals surface area contributed by atoms with E-state index >= 15 is 0 Å². The van der Waals surface area contributed by atoms with Crippen molar-refractivity contribution in [2.24, 2.45) is 0 Å². The minimum absolute atomic E-state index is 0.0147. The molecular formula is C21H17N3OS. The smallest absolute Gasteiger partial charge is 0.233 e. The molecule has 1 amide bonds. The SMILES string of the molecule is O=C(Cc1ccccc1)N(Cc1ccccn1)c1nc2ccccc2s1. The lowest BCUT2D eigenvalue weighted by Gasteiger charge is -2.19. The normalized spacial score (nSPS) is 10.8. The van der Waals surface area contributed by atoms with E-state index in [1.54, 1.807) is 11.1 Å². The van der Waals surface area contributed by atoms with Gasteiger partial charge in [0.15, 0.2) is 5.13 Å². The van der Waals surface area contributed by atoms with Gasteiger partial charge in [-0.25, -0.2) is 4.98 Å². The first-order valence-electron chi connectivity index (χ1n) is 8.39. The van der Waals surface area contributed by atoms with Gasteiger partial charge in [-0.05, 0) is 29.8 Å². The number of pyridine rings is 1. The van der Waals surface area contributed by atoms with Crippen molar-refractivity contribution in [3.05, 3.63) is 90.3 Å². The fraction of sp³-hybridized carbons (Fsp3) is 0.0952. The van der Waals surface area contributed by atoms with Crippen LogP contribution in [0.15, 0.2) is 79.0 Å². The van der Waals surface area contributed by atoms with Gasteiger partial charge < -0.3 is 0 Å². The number of anilines is 1. The van der Waals surface area contributed by atoms with Crippen LogP contribution in [0.5, 0.6) is 0 Å². The van der Waals surface area contributed by atoms with Crippen LogP contribution in [0.4, 0.5) is 5.13 Å². The highest BCUT2D eigenvalue weighted by Crippen LogP contribution is 2.30. The van der Waals surface area contributed by atoms with Crippen LogP contribution >= 0.6 is 11.3 Å². The van der Waals surface area contributed by atoms with E-state index in [1.807, 2.05) is 72.8 Å². The molecule has 4 aromatic rings. The van der Waals surface area contributed by atoms with Crippen LogP contribution in [0, 0.1) is 0 Å². The van der Waals surface area contributed by atoms with E-state index in [4.69, 9.17) is 0 Å². The van der Waals surface area contributed by atoms with Gasteiger partial charge in [0.1, 0.15) is 0 Å². The van der Waals surface area contributed by atoms with E-state index in [9.17, 15) is 4.79 Å². The van der Waals surface area contributed by atoms with Gasteiger partial charge >= 0.3 is 0 Å². The molecule has 4 nitrogen and oxygen atoms in total. The Kier molecular flexibility index (Phi) is 4.71. The number of aromatic nitrogens is 2. The summed E-state index contributed by atoms with van der Waals surface area (Å²) in [4.78, 5) is 23.8. The Morgan fingerprint density at radius 3 is 2.46 bits per heavy atom. The molecule has 0 aliphatic carbocycles. The van der Waals surface area contributed by atoms with Crippen molar-refractivity contribution in [3.63, 3.8) is 0 Å². The number of amides is 1. The number of thiazole rings is 1. The molecule has 26 heavy (non-hydrogen) atoms. The molecule has 0 saturated carbocycles. The second kappa shape index (κ2) is 7.45. The maximum Gasteiger partial charge on any atom is 0.233 e. The molecule has 2 heterocycles. The molecule has 0 N–H and O–H groups in total. The Morgan fingerprint density at radius 2 is 1.69 bits per heavy atom. The van der Waals surface area contributed by atoms with E-state index in [0.29, 0.717) is 18.1 Å². The van der Waals surface area contributed by atoms with Crippen molar-refractivity contribution in [1.82, 2.24) is 9.97 Å². The van der Waals surface area contributed by atoms with Gasteiger partial charge in [0.25, 0.3) is 0 Å². The summed E-state index contributed by atoms with van der Waals surface area (Å²) in [6.45, 7) is 0.409. The second-order valence-corrected chi connectivity index (χ2v) is 6.94. The first-order valence-corrected chi connectivity index (χ1v) is 9.21. The van der Waals surface area contributed by atoms with Gasteiger partial charge in [-0.3, -0.25) is 14.7 Å². The van der Waals surface area contributed by atoms with Gasteiger partial charge in [0.05, 0.1) is 28.9 Å². The van der Waals surface area contributed by atoms with Crippen molar-refractivity contribution in [1.29, 1.82) is 0 Å². The zero-order chi connectivity index (χ0) is 17.8. The molecule has 0 spiro atoms. The van der Waals surface area contributed by atoms with Crippen LogP contribution in [0.25, 0.3) is 10.2 Å². The van der Waals surface area contributed by atoms with Gasteiger partial charge in [-0.15, -0.1) is 0 Å². The summed E-state index contributed by atoms with van der Waals surface area (Å²) in [6.07, 6.45) is 2.08. The summed E-state index contributed by atoms with van der Waals surface area (Å²) < 4.78 is 1.07. The highest BCUT2D eigenvalue weighted by molar-refractivity contribution is 7.22. The fourth-order valence-corrected chi connectivity index (χ4v) is 3.74. The number of hydrogen-bond acceptors (Lipinski definition) is 4. The van der Waals surface area contributed by atoms with Crippen LogP contribution in [0.3, 0.4) is 0 Å². The number of nitrogens with zero attached hydrogens (tertiary/aromatic N) is 3. The molecule has 128 valence electrons. The van der Waals surface area contributed by atoms with E-state index in [1.165, 1.54) is 11.3 Å². The summed E-state index contributed by atoms with van der Waals surface area (Å²) in [7, 11) is 0. The molecule has 0 fully saturated rings. The number of carbonyl (C=O) groups excluding carboxylic acids is 1. The first kappa shape index (κ1) is 16.4. The molecule has 0 bridgehead atoms. The molecule has 0 unspecified atom stereocenters. The largest absolute Gasteiger partial charge is 0.282 e. The Hall–Kier alpha value is -3.05. The van der Waals surface area contributed by atoms with Crippen LogP contribution in [-0.2, 0) is 17.8 Å². The number of benzene rings is 2. The van der Waals surface area contributed by atoms with Gasteiger partial charge in [-0.2, -0.15) is 0 Å². The summed E-state index contributed by atoms with van der Waals surface area (Å²) in [5, 5.41) is 0.706. The third-order valence-corrected chi connectivity index (χ3v) is 5.12. The molecule has 2 aromatic carbocycles. The van der Waals surface area contributed by atoms with Crippen molar-refractivity contribution < 1.29 is 4.79 Å². The third kappa shape index (κ3) is 3.63.